The fourth-order valence-electron chi connectivity index (χ4n) is 2.84. The van der Waals surface area contributed by atoms with Crippen LogP contribution < -0.4 is 5.32 Å². The van der Waals surface area contributed by atoms with Crippen molar-refractivity contribution in [1.29, 1.82) is 0 Å². The Morgan fingerprint density at radius 2 is 2.17 bits per heavy atom. The van der Waals surface area contributed by atoms with Crippen LogP contribution in [0.5, 0.6) is 0 Å². The Morgan fingerprint density at radius 3 is 2.83 bits per heavy atom. The number of rotatable bonds is 3. The van der Waals surface area contributed by atoms with E-state index in [0.717, 1.165) is 12.8 Å². The van der Waals surface area contributed by atoms with Crippen LogP contribution in [-0.2, 0) is 4.79 Å². The van der Waals surface area contributed by atoms with E-state index >= 15 is 0 Å². The van der Waals surface area contributed by atoms with Gasteiger partial charge in [0.2, 0.25) is 5.91 Å². The van der Waals surface area contributed by atoms with Gasteiger partial charge in [-0.3, -0.25) is 14.2 Å². The minimum atomic E-state index is -0.394. The second-order valence-corrected chi connectivity index (χ2v) is 5.50. The summed E-state index contributed by atoms with van der Waals surface area (Å²) in [7, 11) is 1.60. The first kappa shape index (κ1) is 15.2. The molecule has 0 saturated carbocycles. The maximum Gasteiger partial charge on any atom is 0.256 e. The van der Waals surface area contributed by atoms with E-state index in [1.807, 2.05) is 0 Å². The van der Waals surface area contributed by atoms with Crippen LogP contribution in [0.3, 0.4) is 0 Å². The molecular weight excluding hydrogens is 294 g/mol. The third kappa shape index (κ3) is 3.08. The number of likely N-dealkylation sites (tertiary alicyclic amines) is 1. The van der Waals surface area contributed by atoms with Crippen LogP contribution in [0.4, 0.5) is 0 Å². The van der Waals surface area contributed by atoms with Crippen LogP contribution in [0, 0.1) is 0 Å². The molecule has 0 radical (unpaired) electrons. The molecule has 1 aliphatic rings. The number of carbonyl (C=O) groups is 2. The van der Waals surface area contributed by atoms with E-state index in [-0.39, 0.29) is 11.8 Å². The lowest BCUT2D eigenvalue weighted by Gasteiger charge is -2.34. The molecule has 2 aromatic heterocycles. The van der Waals surface area contributed by atoms with Crippen LogP contribution >= 0.6 is 0 Å². The van der Waals surface area contributed by atoms with Crippen LogP contribution in [0.15, 0.2) is 37.1 Å². The lowest BCUT2D eigenvalue weighted by Crippen LogP contribution is -2.51. The number of aromatic nitrogens is 3. The second kappa shape index (κ2) is 6.60. The normalized spacial score (nSPS) is 17.8. The van der Waals surface area contributed by atoms with Gasteiger partial charge in [-0.1, -0.05) is 0 Å². The average molecular weight is 313 g/mol. The number of pyridine rings is 1. The number of amides is 2. The first-order valence-electron chi connectivity index (χ1n) is 7.67. The standard InChI is InChI=1S/C16H19N5O2/c1-17-15(22)13-4-2-3-8-21(13)16(23)12-5-6-14(19-10-12)20-9-7-18-11-20/h5-7,9-11,13H,2-4,8H2,1H3,(H,17,22)/t13-/m0/s1. The van der Waals surface area contributed by atoms with Crippen LogP contribution in [0.25, 0.3) is 5.82 Å². The number of piperidine rings is 1. The van der Waals surface area contributed by atoms with E-state index in [1.54, 1.807) is 53.6 Å². The molecule has 0 bridgehead atoms. The number of nitrogens with one attached hydrogen (secondary N) is 1. The number of imidazole rings is 1. The number of nitrogens with zero attached hydrogens (tertiary/aromatic N) is 4. The van der Waals surface area contributed by atoms with Gasteiger partial charge in [0.15, 0.2) is 0 Å². The molecule has 3 rings (SSSR count). The highest BCUT2D eigenvalue weighted by molar-refractivity contribution is 5.97. The maximum absolute atomic E-state index is 12.7. The van der Waals surface area contributed by atoms with E-state index in [4.69, 9.17) is 0 Å². The first-order chi connectivity index (χ1) is 11.2. The highest BCUT2D eigenvalue weighted by atomic mass is 16.2. The second-order valence-electron chi connectivity index (χ2n) is 5.50. The summed E-state index contributed by atoms with van der Waals surface area (Å²) < 4.78 is 1.77. The van der Waals surface area contributed by atoms with Gasteiger partial charge in [-0.2, -0.15) is 0 Å². The number of likely N-dealkylation sites (N-methyl/N-ethyl adjacent to an activating group) is 1. The Balaban J connectivity index is 1.80. The van der Waals surface area contributed by atoms with Gasteiger partial charge in [-0.25, -0.2) is 9.97 Å². The predicted molar refractivity (Wildman–Crippen MR) is 84.1 cm³/mol. The Labute approximate surface area is 134 Å². The molecule has 1 aliphatic heterocycles. The summed E-state index contributed by atoms with van der Waals surface area (Å²) in [6.45, 7) is 0.597. The number of hydrogen-bond donors (Lipinski definition) is 1. The summed E-state index contributed by atoms with van der Waals surface area (Å²) in [6, 6.07) is 3.11. The first-order valence-corrected chi connectivity index (χ1v) is 7.67. The molecule has 7 nitrogen and oxygen atoms in total. The molecule has 120 valence electrons. The van der Waals surface area contributed by atoms with Crippen molar-refractivity contribution in [1.82, 2.24) is 24.8 Å². The van der Waals surface area contributed by atoms with Crippen LogP contribution in [0.2, 0.25) is 0 Å². The zero-order chi connectivity index (χ0) is 16.2. The average Bonchev–Trinajstić information content (AvgIpc) is 3.15. The molecule has 23 heavy (non-hydrogen) atoms. The van der Waals surface area contributed by atoms with Gasteiger partial charge in [-0.05, 0) is 31.4 Å². The van der Waals surface area contributed by atoms with E-state index in [9.17, 15) is 9.59 Å². The highest BCUT2D eigenvalue weighted by Crippen LogP contribution is 2.20. The van der Waals surface area contributed by atoms with Crippen molar-refractivity contribution in [2.24, 2.45) is 0 Å². The number of hydrogen-bond acceptors (Lipinski definition) is 4. The molecule has 1 atom stereocenters. The van der Waals surface area contributed by atoms with E-state index in [0.29, 0.717) is 24.3 Å². The summed E-state index contributed by atoms with van der Waals surface area (Å²) >= 11 is 0. The zero-order valence-corrected chi connectivity index (χ0v) is 13.0. The minimum Gasteiger partial charge on any atom is -0.357 e. The minimum absolute atomic E-state index is 0.110. The largest absolute Gasteiger partial charge is 0.357 e. The van der Waals surface area contributed by atoms with Gasteiger partial charge in [0.1, 0.15) is 18.2 Å². The van der Waals surface area contributed by atoms with Crippen LogP contribution in [-0.4, -0.2) is 50.9 Å². The molecule has 1 N–H and O–H groups in total. The van der Waals surface area contributed by atoms with Crippen molar-refractivity contribution < 1.29 is 9.59 Å². The van der Waals surface area contributed by atoms with Gasteiger partial charge in [-0.15, -0.1) is 0 Å². The topological polar surface area (TPSA) is 80.1 Å². The monoisotopic (exact) mass is 313 g/mol. The van der Waals surface area contributed by atoms with Crippen molar-refractivity contribution in [3.8, 4) is 5.82 Å². The Bertz CT molecular complexity index is 681. The van der Waals surface area contributed by atoms with Gasteiger partial charge < -0.3 is 10.2 Å². The van der Waals surface area contributed by atoms with Crippen molar-refractivity contribution in [3.63, 3.8) is 0 Å². The third-order valence-corrected chi connectivity index (χ3v) is 4.08. The molecule has 0 aliphatic carbocycles. The lowest BCUT2D eigenvalue weighted by molar-refractivity contribution is -0.126. The van der Waals surface area contributed by atoms with Crippen molar-refractivity contribution in [2.75, 3.05) is 13.6 Å². The smallest absolute Gasteiger partial charge is 0.256 e. The summed E-state index contributed by atoms with van der Waals surface area (Å²) in [6.07, 6.45) is 9.23. The Kier molecular flexibility index (Phi) is 4.36. The van der Waals surface area contributed by atoms with E-state index in [2.05, 4.69) is 15.3 Å². The molecule has 0 spiro atoms. The molecule has 7 heteroatoms. The lowest BCUT2D eigenvalue weighted by atomic mass is 10.0. The molecule has 0 aromatic carbocycles. The van der Waals surface area contributed by atoms with Crippen molar-refractivity contribution in [2.45, 2.75) is 25.3 Å². The summed E-state index contributed by atoms with van der Waals surface area (Å²) in [5, 5.41) is 2.64. The highest BCUT2D eigenvalue weighted by Gasteiger charge is 2.32. The number of carbonyl (C=O) groups excluding carboxylic acids is 2. The summed E-state index contributed by atoms with van der Waals surface area (Å²) in [5.41, 5.74) is 0.490. The SMILES string of the molecule is CNC(=O)[C@@H]1CCCCN1C(=O)c1ccc(-n2ccnc2)nc1. The molecule has 3 heterocycles. The summed E-state index contributed by atoms with van der Waals surface area (Å²) in [5.74, 6) is 0.435. The quantitative estimate of drug-likeness (QED) is 0.917. The predicted octanol–water partition coefficient (Wildman–Crippen LogP) is 1.01. The van der Waals surface area contributed by atoms with Crippen molar-refractivity contribution in [3.05, 3.63) is 42.6 Å². The van der Waals surface area contributed by atoms with E-state index < -0.39 is 6.04 Å². The fourth-order valence-corrected chi connectivity index (χ4v) is 2.84. The molecular formula is C16H19N5O2. The molecule has 1 fully saturated rings. The van der Waals surface area contributed by atoms with E-state index in [1.165, 1.54) is 0 Å². The molecule has 0 unspecified atom stereocenters. The Hall–Kier alpha value is -2.70. The van der Waals surface area contributed by atoms with Crippen LogP contribution in [0.1, 0.15) is 29.6 Å². The van der Waals surface area contributed by atoms with Crippen molar-refractivity contribution >= 4 is 11.8 Å². The molecule has 2 amide bonds. The fraction of sp³-hybridized carbons (Fsp3) is 0.375. The van der Waals surface area contributed by atoms with Gasteiger partial charge in [0, 0.05) is 32.2 Å². The third-order valence-electron chi connectivity index (χ3n) is 4.08. The zero-order valence-electron chi connectivity index (χ0n) is 13.0. The molecule has 2 aromatic rings. The molecule has 1 saturated heterocycles. The summed E-state index contributed by atoms with van der Waals surface area (Å²) in [4.78, 5) is 34.6. The van der Waals surface area contributed by atoms with Gasteiger partial charge >= 0.3 is 0 Å². The van der Waals surface area contributed by atoms with Gasteiger partial charge in [0.05, 0.1) is 5.56 Å². The van der Waals surface area contributed by atoms with Gasteiger partial charge in [0.25, 0.3) is 5.91 Å². The maximum atomic E-state index is 12.7. The Morgan fingerprint density at radius 1 is 1.30 bits per heavy atom.